The number of aromatic amines is 1. The molecule has 0 fully saturated rings. The summed E-state index contributed by atoms with van der Waals surface area (Å²) < 4.78 is 5.24. The van der Waals surface area contributed by atoms with E-state index in [2.05, 4.69) is 15.5 Å². The molecule has 0 bridgehead atoms. The number of hydrazone groups is 1. The first-order valence-corrected chi connectivity index (χ1v) is 7.80. The molecule has 1 heterocycles. The highest BCUT2D eigenvalue weighted by Gasteiger charge is 2.07. The first kappa shape index (κ1) is 16.0. The van der Waals surface area contributed by atoms with E-state index in [1.54, 1.807) is 25.5 Å². The second kappa shape index (κ2) is 6.71. The molecule has 1 aromatic heterocycles. The smallest absolute Gasteiger partial charge is 0.119 e. The number of nitrogens with one attached hydrogen (secondary N) is 2. The van der Waals surface area contributed by atoms with Crippen molar-refractivity contribution in [2.45, 2.75) is 0 Å². The van der Waals surface area contributed by atoms with Crippen LogP contribution in [0.5, 0.6) is 5.75 Å². The molecule has 0 amide bonds. The summed E-state index contributed by atoms with van der Waals surface area (Å²) >= 11 is 18.1. The zero-order valence-electron chi connectivity index (χ0n) is 12.0. The SMILES string of the molecule is COc1ccc2[nH]cc(/C=N/Nc3c(Cl)cc(Cl)cc3Cl)c2c1. The summed E-state index contributed by atoms with van der Waals surface area (Å²) in [5.74, 6) is 0.781. The summed E-state index contributed by atoms with van der Waals surface area (Å²) in [5, 5.41) is 6.47. The molecule has 3 rings (SSSR count). The highest BCUT2D eigenvalue weighted by molar-refractivity contribution is 6.41. The molecule has 0 saturated carbocycles. The van der Waals surface area contributed by atoms with Crippen molar-refractivity contribution in [3.63, 3.8) is 0 Å². The minimum atomic E-state index is 0.403. The van der Waals surface area contributed by atoms with Crippen LogP contribution in [0.25, 0.3) is 10.9 Å². The molecule has 0 unspecified atom stereocenters. The summed E-state index contributed by atoms with van der Waals surface area (Å²) in [6, 6.07) is 8.99. The van der Waals surface area contributed by atoms with Crippen LogP contribution in [-0.2, 0) is 0 Å². The summed E-state index contributed by atoms with van der Waals surface area (Å²) in [7, 11) is 1.63. The summed E-state index contributed by atoms with van der Waals surface area (Å²) in [6.45, 7) is 0. The summed E-state index contributed by atoms with van der Waals surface area (Å²) in [4.78, 5) is 3.17. The minimum Gasteiger partial charge on any atom is -0.497 e. The molecule has 2 aromatic carbocycles. The molecule has 0 aliphatic rings. The van der Waals surface area contributed by atoms with Crippen LogP contribution in [0.1, 0.15) is 5.56 Å². The molecule has 0 radical (unpaired) electrons. The fraction of sp³-hybridized carbons (Fsp3) is 0.0625. The zero-order valence-corrected chi connectivity index (χ0v) is 14.3. The Morgan fingerprint density at radius 1 is 1.13 bits per heavy atom. The van der Waals surface area contributed by atoms with E-state index in [1.165, 1.54) is 0 Å². The molecule has 0 spiro atoms. The van der Waals surface area contributed by atoms with Crippen molar-refractivity contribution < 1.29 is 4.74 Å². The van der Waals surface area contributed by atoms with Gasteiger partial charge in [-0.15, -0.1) is 0 Å². The van der Waals surface area contributed by atoms with Crippen LogP contribution in [0, 0.1) is 0 Å². The third-order valence-electron chi connectivity index (χ3n) is 3.31. The van der Waals surface area contributed by atoms with Gasteiger partial charge in [-0.2, -0.15) is 5.10 Å². The number of hydrogen-bond donors (Lipinski definition) is 2. The van der Waals surface area contributed by atoms with E-state index in [4.69, 9.17) is 39.5 Å². The number of nitrogens with zero attached hydrogens (tertiary/aromatic N) is 1. The third kappa shape index (κ3) is 3.39. The number of H-pyrrole nitrogens is 1. The van der Waals surface area contributed by atoms with Crippen molar-refractivity contribution in [1.82, 2.24) is 4.98 Å². The van der Waals surface area contributed by atoms with Gasteiger partial charge < -0.3 is 9.72 Å². The van der Waals surface area contributed by atoms with Crippen molar-refractivity contribution in [3.8, 4) is 5.75 Å². The van der Waals surface area contributed by atoms with Crippen molar-refractivity contribution in [1.29, 1.82) is 0 Å². The molecule has 118 valence electrons. The lowest BCUT2D eigenvalue weighted by atomic mass is 10.2. The Kier molecular flexibility index (Phi) is 4.66. The van der Waals surface area contributed by atoms with Gasteiger partial charge in [0.05, 0.1) is 29.1 Å². The Morgan fingerprint density at radius 3 is 2.57 bits per heavy atom. The fourth-order valence-corrected chi connectivity index (χ4v) is 3.07. The van der Waals surface area contributed by atoms with Gasteiger partial charge in [0.25, 0.3) is 0 Å². The standard InChI is InChI=1S/C16H12Cl3N3O/c1-23-11-2-3-15-12(6-11)9(7-20-15)8-21-22-16-13(18)4-10(17)5-14(16)19/h2-8,20,22H,1H3/b21-8+. The van der Waals surface area contributed by atoms with E-state index in [1.807, 2.05) is 24.4 Å². The number of methoxy groups -OCH3 is 1. The van der Waals surface area contributed by atoms with Gasteiger partial charge in [0.1, 0.15) is 5.75 Å². The van der Waals surface area contributed by atoms with Crippen molar-refractivity contribution in [2.24, 2.45) is 5.10 Å². The molecule has 0 aliphatic carbocycles. The maximum Gasteiger partial charge on any atom is 0.119 e. The molecule has 4 nitrogen and oxygen atoms in total. The lowest BCUT2D eigenvalue weighted by molar-refractivity contribution is 0.415. The molecule has 0 saturated heterocycles. The van der Waals surface area contributed by atoms with Gasteiger partial charge in [-0.3, -0.25) is 5.43 Å². The molecule has 7 heteroatoms. The van der Waals surface area contributed by atoms with Gasteiger partial charge in [0.15, 0.2) is 0 Å². The predicted octanol–water partition coefficient (Wildman–Crippen LogP) is 5.58. The summed E-state index contributed by atoms with van der Waals surface area (Å²) in [6.07, 6.45) is 3.54. The summed E-state index contributed by atoms with van der Waals surface area (Å²) in [5.41, 5.74) is 5.25. The number of hydrogen-bond acceptors (Lipinski definition) is 3. The lowest BCUT2D eigenvalue weighted by Crippen LogP contribution is -1.92. The van der Waals surface area contributed by atoms with Crippen LogP contribution < -0.4 is 10.2 Å². The zero-order chi connectivity index (χ0) is 16.4. The number of aromatic nitrogens is 1. The van der Waals surface area contributed by atoms with Crippen molar-refractivity contribution in [2.75, 3.05) is 12.5 Å². The lowest BCUT2D eigenvalue weighted by Gasteiger charge is -2.06. The number of ether oxygens (including phenoxy) is 1. The second-order valence-corrected chi connectivity index (χ2v) is 6.02. The number of fused-ring (bicyclic) bond motifs is 1. The van der Waals surface area contributed by atoms with Crippen LogP contribution in [0.2, 0.25) is 15.1 Å². The number of rotatable bonds is 4. The van der Waals surface area contributed by atoms with Crippen LogP contribution in [0.15, 0.2) is 41.6 Å². The van der Waals surface area contributed by atoms with Gasteiger partial charge in [-0.1, -0.05) is 34.8 Å². The Bertz CT molecular complexity index is 866. The maximum absolute atomic E-state index is 6.10. The van der Waals surface area contributed by atoms with Crippen LogP contribution in [0.4, 0.5) is 5.69 Å². The number of halogens is 3. The quantitative estimate of drug-likeness (QED) is 0.466. The van der Waals surface area contributed by atoms with E-state index >= 15 is 0 Å². The molecule has 2 N–H and O–H groups in total. The molecule has 0 aliphatic heterocycles. The highest BCUT2D eigenvalue weighted by Crippen LogP contribution is 2.33. The van der Waals surface area contributed by atoms with Crippen LogP contribution in [0.3, 0.4) is 0 Å². The first-order valence-electron chi connectivity index (χ1n) is 6.67. The van der Waals surface area contributed by atoms with Gasteiger partial charge >= 0.3 is 0 Å². The Balaban J connectivity index is 1.86. The average molecular weight is 369 g/mol. The largest absolute Gasteiger partial charge is 0.497 e. The van der Waals surface area contributed by atoms with Crippen molar-refractivity contribution in [3.05, 3.63) is 57.2 Å². The number of benzene rings is 2. The molecule has 0 atom stereocenters. The van der Waals surface area contributed by atoms with Gasteiger partial charge in [0, 0.05) is 27.7 Å². The van der Waals surface area contributed by atoms with E-state index in [0.29, 0.717) is 20.8 Å². The fourth-order valence-electron chi connectivity index (χ4n) is 2.17. The topological polar surface area (TPSA) is 49.4 Å². The molecule has 3 aromatic rings. The Labute approximate surface area is 148 Å². The maximum atomic E-state index is 6.10. The first-order chi connectivity index (χ1) is 11.1. The van der Waals surface area contributed by atoms with E-state index in [-0.39, 0.29) is 0 Å². The van der Waals surface area contributed by atoms with E-state index in [0.717, 1.165) is 22.2 Å². The van der Waals surface area contributed by atoms with E-state index in [9.17, 15) is 0 Å². The number of anilines is 1. The third-order valence-corrected chi connectivity index (χ3v) is 4.12. The van der Waals surface area contributed by atoms with Crippen LogP contribution in [-0.4, -0.2) is 18.3 Å². The van der Waals surface area contributed by atoms with Crippen LogP contribution >= 0.6 is 34.8 Å². The van der Waals surface area contributed by atoms with E-state index < -0.39 is 0 Å². The van der Waals surface area contributed by atoms with Gasteiger partial charge in [0.2, 0.25) is 0 Å². The second-order valence-electron chi connectivity index (χ2n) is 4.77. The predicted molar refractivity (Wildman–Crippen MR) is 97.5 cm³/mol. The molecular weight excluding hydrogens is 357 g/mol. The van der Waals surface area contributed by atoms with Crippen molar-refractivity contribution >= 4 is 57.6 Å². The minimum absolute atomic E-state index is 0.403. The average Bonchev–Trinajstić information content (AvgIpc) is 2.92. The normalized spacial score (nSPS) is 11.3. The van der Waals surface area contributed by atoms with Gasteiger partial charge in [-0.05, 0) is 30.3 Å². The Morgan fingerprint density at radius 2 is 1.87 bits per heavy atom. The Hall–Kier alpha value is -1.88. The van der Waals surface area contributed by atoms with Gasteiger partial charge in [-0.25, -0.2) is 0 Å². The molecule has 23 heavy (non-hydrogen) atoms. The molecular formula is C16H12Cl3N3O. The highest BCUT2D eigenvalue weighted by atomic mass is 35.5. The monoisotopic (exact) mass is 367 g/mol.